The normalized spacial score (nSPS) is 12.8. The number of halogens is 1. The van der Waals surface area contributed by atoms with Gasteiger partial charge in [-0.25, -0.2) is 4.98 Å². The molecule has 7 rings (SSSR count). The fourth-order valence-corrected chi connectivity index (χ4v) is 12.5. The summed E-state index contributed by atoms with van der Waals surface area (Å²) in [6.07, 6.45) is -0.0306. The first kappa shape index (κ1) is 63.7. The van der Waals surface area contributed by atoms with E-state index < -0.39 is 75.1 Å². The highest BCUT2D eigenvalue weighted by Crippen LogP contribution is 2.44. The van der Waals surface area contributed by atoms with Crippen molar-refractivity contribution in [1.82, 2.24) is 9.38 Å². The summed E-state index contributed by atoms with van der Waals surface area (Å²) in [5, 5.41) is 67.9. The predicted octanol–water partition coefficient (Wildman–Crippen LogP) is 12.7. The summed E-state index contributed by atoms with van der Waals surface area (Å²) in [4.78, 5) is 4.58. The third kappa shape index (κ3) is 17.1. The lowest BCUT2D eigenvalue weighted by molar-refractivity contribution is 0.281. The van der Waals surface area contributed by atoms with Crippen LogP contribution in [-0.4, -0.2) is 107 Å². The second-order valence-electron chi connectivity index (χ2n) is 18.2. The van der Waals surface area contributed by atoms with Crippen LogP contribution in [0.2, 0.25) is 5.02 Å². The number of ether oxygens (including phenoxy) is 1. The van der Waals surface area contributed by atoms with E-state index in [1.165, 1.54) is 48.6 Å². The topological polar surface area (TPSA) is 407 Å². The van der Waals surface area contributed by atoms with Gasteiger partial charge in [-0.3, -0.25) is 22.6 Å². The highest BCUT2D eigenvalue weighted by Gasteiger charge is 2.26. The quantitative estimate of drug-likeness (QED) is 0.0134. The minimum Gasteiger partial charge on any atom is -0.493 e. The van der Waals surface area contributed by atoms with E-state index in [1.807, 2.05) is 6.07 Å². The van der Waals surface area contributed by atoms with Crippen molar-refractivity contribution in [2.24, 2.45) is 40.9 Å². The average molecular weight is 1270 g/mol. The molecule has 0 aliphatic rings. The third-order valence-corrected chi connectivity index (χ3v) is 17.6. The van der Waals surface area contributed by atoms with Crippen molar-refractivity contribution in [3.05, 3.63) is 111 Å². The Balaban J connectivity index is 1.27. The molecular formula is C50H50ClN11O15S6. The molecule has 0 aliphatic heterocycles. The van der Waals surface area contributed by atoms with Gasteiger partial charge in [0.2, 0.25) is 5.88 Å². The van der Waals surface area contributed by atoms with Gasteiger partial charge in [0.05, 0.1) is 70.1 Å². The molecule has 0 saturated carbocycles. The highest BCUT2D eigenvalue weighted by molar-refractivity contribution is 7.99. The zero-order valence-corrected chi connectivity index (χ0v) is 49.8. The molecule has 0 radical (unpaired) electrons. The smallest absolute Gasteiger partial charge is 0.296 e. The zero-order valence-electron chi connectivity index (χ0n) is 44.1. The number of rotatable bonds is 25. The minimum atomic E-state index is -4.93. The molecule has 0 bridgehead atoms. The van der Waals surface area contributed by atoms with Gasteiger partial charge in [-0.2, -0.15) is 59.4 Å². The maximum absolute atomic E-state index is 12.4. The molecule has 83 heavy (non-hydrogen) atoms. The lowest BCUT2D eigenvalue weighted by atomic mass is 10.1. The van der Waals surface area contributed by atoms with Gasteiger partial charge in [-0.1, -0.05) is 17.7 Å². The van der Waals surface area contributed by atoms with E-state index >= 15 is 0 Å². The predicted molar refractivity (Wildman–Crippen MR) is 311 cm³/mol. The summed E-state index contributed by atoms with van der Waals surface area (Å²) in [7, 11) is -17.8. The first-order valence-electron chi connectivity index (χ1n) is 24.3. The first-order valence-corrected chi connectivity index (χ1v) is 32.9. The fraction of sp³-hybridized carbons (Fsp3) is 0.280. The van der Waals surface area contributed by atoms with Gasteiger partial charge < -0.3 is 14.9 Å². The number of benzene rings is 5. The molecule has 0 unspecified atom stereocenters. The van der Waals surface area contributed by atoms with Crippen molar-refractivity contribution in [3.63, 3.8) is 0 Å². The molecule has 33 heteroatoms. The third-order valence-electron chi connectivity index (χ3n) is 11.8. The van der Waals surface area contributed by atoms with E-state index in [1.54, 1.807) is 69.3 Å². The Morgan fingerprint density at radius 2 is 1.14 bits per heavy atom. The zero-order chi connectivity index (χ0) is 60.6. The molecule has 0 saturated heterocycles. The van der Waals surface area contributed by atoms with E-state index in [4.69, 9.17) is 16.3 Å². The van der Waals surface area contributed by atoms with Crippen molar-refractivity contribution in [2.45, 2.75) is 68.3 Å². The van der Waals surface area contributed by atoms with Gasteiger partial charge in [0, 0.05) is 26.4 Å². The molecule has 0 fully saturated rings. The standard InChI is InChI=1S/C50H50ClN11O15S6/c1-28-17-39(58-61-47-31(4)35(26-52)49-53-48-42(62(49)50(47)64)20-32(27-63)21-46(48)83(74,75)76)43(77-11-6-14-80(65,66)67)23-36(28)56-59-40-19-30(3)38(25-45(40)79-13-8-16-82(71,72)73)57-60-41-18-29(2)37(55-54-34-10-5-9-33(51)22-34)24-44(41)78-12-7-15-81(68,69)70/h5,9-10,17-25,63-64H,6-8,11-16,27H2,1-4H3,(H,65,66,67)(H,68,69,70)(H,71,72,73)(H,74,75,76). The number of nitriles is 1. The molecule has 0 aliphatic carbocycles. The average Bonchev–Trinajstić information content (AvgIpc) is 1.86. The Labute approximate surface area is 489 Å². The molecule has 0 amide bonds. The van der Waals surface area contributed by atoms with E-state index in [-0.39, 0.29) is 99.2 Å². The number of aliphatic hydroxyl groups is 1. The van der Waals surface area contributed by atoms with Crippen LogP contribution in [-0.2, 0) is 47.1 Å². The molecule has 6 N–H and O–H groups in total. The second kappa shape index (κ2) is 26.8. The molecule has 0 spiro atoms. The van der Waals surface area contributed by atoms with Crippen LogP contribution in [0, 0.1) is 39.0 Å². The summed E-state index contributed by atoms with van der Waals surface area (Å²) < 4.78 is 139. The molecule has 2 heterocycles. The van der Waals surface area contributed by atoms with E-state index in [0.29, 0.717) is 54.3 Å². The number of fused-ring (bicyclic) bond motifs is 3. The van der Waals surface area contributed by atoms with E-state index in [2.05, 4.69) is 45.9 Å². The maximum Gasteiger partial charge on any atom is 0.296 e. The Bertz CT molecular complexity index is 4330. The fourth-order valence-electron chi connectivity index (χ4n) is 7.82. The Hall–Kier alpha value is -6.87. The van der Waals surface area contributed by atoms with E-state index in [0.717, 1.165) is 10.5 Å². The number of aryl methyl sites for hydroxylation is 3. The molecule has 5 aromatic carbocycles. The molecule has 2 aromatic heterocycles. The van der Waals surface area contributed by atoms with Crippen LogP contribution in [0.25, 0.3) is 16.7 Å². The Morgan fingerprint density at radius 3 is 1.66 bits per heavy atom. The van der Waals surface area contributed by atoms with Crippen LogP contribution in [0.3, 0.4) is 0 Å². The number of aliphatic hydroxyl groups excluding tert-OH is 1. The SMILES string of the molecule is Cc1cc(N=Nc2cc(SCCCS(=O)(=O)O)c(N=Nc3cc(OCCCS(=O)(=O)O)c(N=Nc4c(C)c(C#N)c5nc6c(S(=O)(=O)O)cc(CO)cc6n5c4O)cc3C)cc2C)c(SCCCS(=O)(=O)O)cc1N=Nc1cccc(Cl)c1. The highest BCUT2D eigenvalue weighted by atomic mass is 35.5. The molecule has 0 atom stereocenters. The Morgan fingerprint density at radius 1 is 0.639 bits per heavy atom. The number of aromatic nitrogens is 2. The minimum absolute atomic E-state index is 0.00972. The van der Waals surface area contributed by atoms with Crippen molar-refractivity contribution in [2.75, 3.05) is 35.4 Å². The maximum atomic E-state index is 12.4. The Kier molecular flexibility index (Phi) is 20.6. The van der Waals surface area contributed by atoms with Crippen molar-refractivity contribution < 1.29 is 66.8 Å². The van der Waals surface area contributed by atoms with Gasteiger partial charge in [-0.15, -0.1) is 44.0 Å². The number of hydrogen-bond donors (Lipinski definition) is 6. The van der Waals surface area contributed by atoms with Gasteiger partial charge in [-0.05, 0) is 141 Å². The van der Waals surface area contributed by atoms with Gasteiger partial charge in [0.1, 0.15) is 33.5 Å². The summed E-state index contributed by atoms with van der Waals surface area (Å²) in [6, 6.07) is 20.7. The summed E-state index contributed by atoms with van der Waals surface area (Å²) >= 11 is 8.57. The molecule has 7 aromatic rings. The number of azo groups is 4. The monoisotopic (exact) mass is 1270 g/mol. The molecule has 438 valence electrons. The van der Waals surface area contributed by atoms with Crippen LogP contribution in [0.4, 0.5) is 45.5 Å². The van der Waals surface area contributed by atoms with Crippen LogP contribution in [0.15, 0.2) is 128 Å². The summed E-state index contributed by atoms with van der Waals surface area (Å²) in [5.41, 5.74) is 2.81. The van der Waals surface area contributed by atoms with Gasteiger partial charge in [0.25, 0.3) is 40.5 Å². The lowest BCUT2D eigenvalue weighted by Gasteiger charge is -2.12. The number of hydrogen-bond acceptors (Lipinski definition) is 23. The first-order chi connectivity index (χ1) is 39.0. The van der Waals surface area contributed by atoms with Gasteiger partial charge in [0.15, 0.2) is 11.3 Å². The van der Waals surface area contributed by atoms with Crippen molar-refractivity contribution in [1.29, 1.82) is 5.26 Å². The van der Waals surface area contributed by atoms with Crippen LogP contribution in [0.1, 0.15) is 52.6 Å². The number of pyridine rings is 1. The van der Waals surface area contributed by atoms with Crippen LogP contribution < -0.4 is 4.74 Å². The van der Waals surface area contributed by atoms with Gasteiger partial charge >= 0.3 is 0 Å². The second-order valence-corrected chi connectivity index (χ2v) is 27.0. The number of aromatic hydroxyl groups is 1. The van der Waals surface area contributed by atoms with Crippen LogP contribution in [0.5, 0.6) is 11.6 Å². The summed E-state index contributed by atoms with van der Waals surface area (Å²) in [5.74, 6) is -1.91. The van der Waals surface area contributed by atoms with E-state index in [9.17, 15) is 67.4 Å². The van der Waals surface area contributed by atoms with Crippen molar-refractivity contribution in [3.8, 4) is 17.7 Å². The summed E-state index contributed by atoms with van der Waals surface area (Å²) in [6.45, 7) is 5.62. The number of nitrogens with zero attached hydrogens (tertiary/aromatic N) is 11. The lowest BCUT2D eigenvalue weighted by Crippen LogP contribution is -2.08. The largest absolute Gasteiger partial charge is 0.493 e. The number of imidazole rings is 1. The van der Waals surface area contributed by atoms with Crippen LogP contribution >= 0.6 is 35.1 Å². The van der Waals surface area contributed by atoms with Crippen molar-refractivity contribution >= 4 is 138 Å². The molecule has 26 nitrogen and oxygen atoms in total. The molecular weight excluding hydrogens is 1220 g/mol. The number of thioether (sulfide) groups is 2.